The monoisotopic (exact) mass is 439 g/mol. The normalized spacial score (nSPS) is 34.5. The fraction of sp³-hybridized carbons (Fsp3) is 0.667. The predicted molar refractivity (Wildman–Crippen MR) is 112 cm³/mol. The molecule has 1 spiro atoms. The largest absolute Gasteiger partial charge is 0.490 e. The van der Waals surface area contributed by atoms with Crippen LogP contribution in [-0.4, -0.2) is 64.1 Å². The number of nitrogens with one attached hydrogen (secondary N) is 2. The van der Waals surface area contributed by atoms with Crippen molar-refractivity contribution in [2.45, 2.75) is 56.3 Å². The molecule has 3 fully saturated rings. The molecular weight excluding hydrogens is 409 g/mol. The minimum absolute atomic E-state index is 0.0715. The van der Waals surface area contributed by atoms with Crippen molar-refractivity contribution in [1.82, 2.24) is 10.2 Å². The second kappa shape index (κ2) is 8.70. The fourth-order valence-corrected chi connectivity index (χ4v) is 6.15. The smallest absolute Gasteiger partial charge is 0.317 e. The van der Waals surface area contributed by atoms with Gasteiger partial charge in [0.05, 0.1) is 24.9 Å². The number of halogens is 1. The first-order valence-electron chi connectivity index (χ1n) is 10.7. The van der Waals surface area contributed by atoms with E-state index in [2.05, 4.69) is 5.32 Å². The maximum absolute atomic E-state index is 13.0. The standard InChI is InChI=1S/C21H30FN3O4S/c22-16-1-5-18(6-2-16)29-19-7-3-17(4-8-19)24-20(26)25-11-12-28-21(15-25)9-13-30(23,27)14-10-21/h1-2,5-6,17,19,23H,3-4,7-15H2,(H,24,26). The number of nitrogens with zero attached hydrogens (tertiary/aromatic N) is 1. The van der Waals surface area contributed by atoms with Gasteiger partial charge in [-0.3, -0.25) is 4.78 Å². The van der Waals surface area contributed by atoms with Gasteiger partial charge in [-0.25, -0.2) is 13.4 Å². The molecule has 2 heterocycles. The van der Waals surface area contributed by atoms with E-state index in [1.807, 2.05) is 4.90 Å². The Hall–Kier alpha value is -1.87. The summed E-state index contributed by atoms with van der Waals surface area (Å²) in [7, 11) is -2.48. The van der Waals surface area contributed by atoms with Crippen LogP contribution in [0.5, 0.6) is 5.75 Å². The summed E-state index contributed by atoms with van der Waals surface area (Å²) >= 11 is 0. The number of rotatable bonds is 3. The number of carbonyl (C=O) groups is 1. The van der Waals surface area contributed by atoms with Crippen LogP contribution in [0.3, 0.4) is 0 Å². The molecule has 1 aromatic carbocycles. The third kappa shape index (κ3) is 5.24. The van der Waals surface area contributed by atoms with E-state index in [9.17, 15) is 13.4 Å². The van der Waals surface area contributed by atoms with Gasteiger partial charge in [0.25, 0.3) is 0 Å². The number of carbonyl (C=O) groups excluding carboxylic acids is 1. The maximum atomic E-state index is 13.0. The molecule has 1 saturated carbocycles. The Morgan fingerprint density at radius 3 is 2.53 bits per heavy atom. The van der Waals surface area contributed by atoms with E-state index in [0.29, 0.717) is 49.8 Å². The molecule has 0 bridgehead atoms. The van der Waals surface area contributed by atoms with Crippen molar-refractivity contribution >= 4 is 15.8 Å². The molecule has 166 valence electrons. The zero-order valence-corrected chi connectivity index (χ0v) is 17.9. The zero-order chi connectivity index (χ0) is 21.2. The van der Waals surface area contributed by atoms with Gasteiger partial charge in [0.1, 0.15) is 11.6 Å². The lowest BCUT2D eigenvalue weighted by Crippen LogP contribution is -2.59. The SMILES string of the molecule is N=S1(=O)CCC2(CC1)CN(C(=O)NC1CCC(Oc3ccc(F)cc3)CC1)CCO2. The predicted octanol–water partition coefficient (Wildman–Crippen LogP) is 3.14. The van der Waals surface area contributed by atoms with Crippen LogP contribution in [0, 0.1) is 10.6 Å². The van der Waals surface area contributed by atoms with Crippen LogP contribution in [0.15, 0.2) is 24.3 Å². The van der Waals surface area contributed by atoms with Crippen molar-refractivity contribution < 1.29 is 22.9 Å². The Morgan fingerprint density at radius 2 is 1.87 bits per heavy atom. The van der Waals surface area contributed by atoms with Crippen LogP contribution in [0.1, 0.15) is 38.5 Å². The summed E-state index contributed by atoms with van der Waals surface area (Å²) in [6.45, 7) is 1.52. The Bertz CT molecular complexity index is 840. The van der Waals surface area contributed by atoms with Crippen LogP contribution < -0.4 is 10.1 Å². The molecule has 30 heavy (non-hydrogen) atoms. The summed E-state index contributed by atoms with van der Waals surface area (Å²) in [6.07, 6.45) is 4.59. The molecule has 3 aliphatic rings. The summed E-state index contributed by atoms with van der Waals surface area (Å²) in [5.41, 5.74) is -0.446. The van der Waals surface area contributed by atoms with E-state index >= 15 is 0 Å². The van der Waals surface area contributed by atoms with Gasteiger partial charge in [0.2, 0.25) is 0 Å². The number of ether oxygens (including phenoxy) is 2. The van der Waals surface area contributed by atoms with E-state index in [4.69, 9.17) is 14.3 Å². The molecule has 4 rings (SSSR count). The van der Waals surface area contributed by atoms with Crippen molar-refractivity contribution in [3.63, 3.8) is 0 Å². The van der Waals surface area contributed by atoms with Gasteiger partial charge < -0.3 is 19.7 Å². The fourth-order valence-electron chi connectivity index (χ4n) is 4.55. The van der Waals surface area contributed by atoms with Gasteiger partial charge in [-0.1, -0.05) is 0 Å². The molecule has 1 aliphatic carbocycles. The summed E-state index contributed by atoms with van der Waals surface area (Å²) in [5.74, 6) is 1.09. The van der Waals surface area contributed by atoms with Crippen molar-refractivity contribution in [3.8, 4) is 5.75 Å². The molecule has 9 heteroatoms. The van der Waals surface area contributed by atoms with Crippen molar-refractivity contribution in [3.05, 3.63) is 30.1 Å². The highest BCUT2D eigenvalue weighted by Crippen LogP contribution is 2.31. The lowest BCUT2D eigenvalue weighted by atomic mass is 9.92. The molecular formula is C21H30FN3O4S. The van der Waals surface area contributed by atoms with Crippen molar-refractivity contribution in [1.29, 1.82) is 4.78 Å². The average Bonchev–Trinajstić information content (AvgIpc) is 2.74. The summed E-state index contributed by atoms with van der Waals surface area (Å²) in [5, 5.41) is 3.15. The first kappa shape index (κ1) is 21.4. The highest BCUT2D eigenvalue weighted by molar-refractivity contribution is 7.92. The Balaban J connectivity index is 1.24. The van der Waals surface area contributed by atoms with Gasteiger partial charge in [-0.2, -0.15) is 0 Å². The molecule has 0 radical (unpaired) electrons. The van der Waals surface area contributed by atoms with E-state index in [-0.39, 0.29) is 24.0 Å². The first-order valence-corrected chi connectivity index (χ1v) is 12.6. The molecule has 0 atom stereocenters. The number of morpholine rings is 1. The Morgan fingerprint density at radius 1 is 1.20 bits per heavy atom. The van der Waals surface area contributed by atoms with E-state index in [0.717, 1.165) is 25.7 Å². The molecule has 2 aliphatic heterocycles. The number of urea groups is 1. The molecule has 0 unspecified atom stereocenters. The first-order chi connectivity index (χ1) is 14.3. The average molecular weight is 440 g/mol. The summed E-state index contributed by atoms with van der Waals surface area (Å²) < 4.78 is 44.7. The molecule has 1 aromatic rings. The minimum atomic E-state index is -2.48. The topological polar surface area (TPSA) is 91.7 Å². The highest BCUT2D eigenvalue weighted by Gasteiger charge is 2.42. The van der Waals surface area contributed by atoms with Gasteiger partial charge in [-0.05, 0) is 62.8 Å². The van der Waals surface area contributed by atoms with Crippen LogP contribution >= 0.6 is 0 Å². The number of hydrogen-bond donors (Lipinski definition) is 2. The van der Waals surface area contributed by atoms with Gasteiger partial charge >= 0.3 is 6.03 Å². The van der Waals surface area contributed by atoms with E-state index < -0.39 is 15.3 Å². The molecule has 2 amide bonds. The van der Waals surface area contributed by atoms with Crippen molar-refractivity contribution in [2.24, 2.45) is 0 Å². The summed E-state index contributed by atoms with van der Waals surface area (Å²) in [4.78, 5) is 14.6. The van der Waals surface area contributed by atoms with Crippen LogP contribution in [0.25, 0.3) is 0 Å². The number of hydrogen-bond acceptors (Lipinski definition) is 5. The van der Waals surface area contributed by atoms with Gasteiger partial charge in [0.15, 0.2) is 0 Å². The maximum Gasteiger partial charge on any atom is 0.317 e. The second-order valence-corrected chi connectivity index (χ2v) is 11.1. The van der Waals surface area contributed by atoms with Gasteiger partial charge in [0, 0.05) is 33.8 Å². The quantitative estimate of drug-likeness (QED) is 0.757. The zero-order valence-electron chi connectivity index (χ0n) is 17.1. The van der Waals surface area contributed by atoms with E-state index in [1.54, 1.807) is 12.1 Å². The molecule has 2 N–H and O–H groups in total. The summed E-state index contributed by atoms with van der Waals surface area (Å²) in [6, 6.07) is 6.11. The third-order valence-electron chi connectivity index (χ3n) is 6.43. The number of amides is 2. The van der Waals surface area contributed by atoms with Crippen LogP contribution in [0.4, 0.5) is 9.18 Å². The van der Waals surface area contributed by atoms with Crippen molar-refractivity contribution in [2.75, 3.05) is 31.2 Å². The second-order valence-electron chi connectivity index (χ2n) is 8.67. The Kier molecular flexibility index (Phi) is 6.20. The minimum Gasteiger partial charge on any atom is -0.490 e. The molecule has 2 saturated heterocycles. The molecule has 7 nitrogen and oxygen atoms in total. The third-order valence-corrected chi connectivity index (χ3v) is 8.16. The van der Waals surface area contributed by atoms with Crippen LogP contribution in [0.2, 0.25) is 0 Å². The Labute approximate surface area is 177 Å². The number of benzene rings is 1. The lowest BCUT2D eigenvalue weighted by Gasteiger charge is -2.45. The van der Waals surface area contributed by atoms with Gasteiger partial charge in [-0.15, -0.1) is 0 Å². The highest BCUT2D eigenvalue weighted by atomic mass is 32.2. The molecule has 0 aromatic heterocycles. The lowest BCUT2D eigenvalue weighted by molar-refractivity contribution is -0.102. The van der Waals surface area contributed by atoms with E-state index in [1.165, 1.54) is 12.1 Å². The van der Waals surface area contributed by atoms with Crippen LogP contribution in [-0.2, 0) is 14.5 Å².